The Balaban J connectivity index is 2.73. The number of halogens is 3. The summed E-state index contributed by atoms with van der Waals surface area (Å²) < 4.78 is 31.9. The van der Waals surface area contributed by atoms with Gasteiger partial charge in [0.15, 0.2) is 17.4 Å². The van der Waals surface area contributed by atoms with Crippen molar-refractivity contribution >= 4 is 15.9 Å². The number of benzene rings is 1. The average molecular weight is 307 g/mol. The van der Waals surface area contributed by atoms with Crippen LogP contribution in [0.3, 0.4) is 0 Å². The SMILES string of the molecule is CC(C)(C)C(CBr)COc1c(F)cccc1F. The summed E-state index contributed by atoms with van der Waals surface area (Å²) in [5.74, 6) is -1.43. The topological polar surface area (TPSA) is 9.23 Å². The molecule has 0 saturated heterocycles. The van der Waals surface area contributed by atoms with E-state index in [0.717, 1.165) is 5.33 Å². The van der Waals surface area contributed by atoms with Gasteiger partial charge in [-0.3, -0.25) is 0 Å². The Morgan fingerprint density at radius 2 is 1.76 bits per heavy atom. The number of alkyl halides is 1. The molecule has 0 amide bonds. The fourth-order valence-electron chi connectivity index (χ4n) is 1.33. The van der Waals surface area contributed by atoms with Crippen molar-refractivity contribution in [3.8, 4) is 5.75 Å². The number of hydrogen-bond donors (Lipinski definition) is 0. The molecule has 0 aliphatic carbocycles. The van der Waals surface area contributed by atoms with Gasteiger partial charge in [0.2, 0.25) is 0 Å². The number of ether oxygens (including phenoxy) is 1. The van der Waals surface area contributed by atoms with Crippen LogP contribution in [0, 0.1) is 23.0 Å². The molecule has 0 aliphatic heterocycles. The lowest BCUT2D eigenvalue weighted by Crippen LogP contribution is -2.28. The predicted molar refractivity (Wildman–Crippen MR) is 68.6 cm³/mol. The summed E-state index contributed by atoms with van der Waals surface area (Å²) in [5, 5.41) is 0.729. The molecule has 0 aromatic heterocycles. The van der Waals surface area contributed by atoms with Gasteiger partial charge in [-0.05, 0) is 17.5 Å². The Kier molecular flexibility index (Phi) is 4.92. The molecule has 96 valence electrons. The molecule has 0 radical (unpaired) electrons. The Morgan fingerprint density at radius 1 is 1.24 bits per heavy atom. The smallest absolute Gasteiger partial charge is 0.190 e. The third-order valence-electron chi connectivity index (χ3n) is 2.76. The molecular formula is C13H17BrF2O. The summed E-state index contributed by atoms with van der Waals surface area (Å²) >= 11 is 3.39. The summed E-state index contributed by atoms with van der Waals surface area (Å²) in [4.78, 5) is 0. The molecule has 0 bridgehead atoms. The van der Waals surface area contributed by atoms with E-state index in [1.807, 2.05) is 0 Å². The lowest BCUT2D eigenvalue weighted by Gasteiger charge is -2.29. The van der Waals surface area contributed by atoms with Crippen molar-refractivity contribution in [3.05, 3.63) is 29.8 Å². The van der Waals surface area contributed by atoms with E-state index < -0.39 is 11.6 Å². The first-order chi connectivity index (χ1) is 7.86. The second-order valence-corrected chi connectivity index (χ2v) is 5.73. The molecule has 1 aromatic rings. The van der Waals surface area contributed by atoms with Crippen molar-refractivity contribution in [2.45, 2.75) is 20.8 Å². The van der Waals surface area contributed by atoms with Crippen LogP contribution in [0.5, 0.6) is 5.75 Å². The van der Waals surface area contributed by atoms with Crippen LogP contribution in [-0.2, 0) is 0 Å². The minimum Gasteiger partial charge on any atom is -0.487 e. The largest absolute Gasteiger partial charge is 0.487 e. The van der Waals surface area contributed by atoms with Crippen molar-refractivity contribution in [1.29, 1.82) is 0 Å². The zero-order chi connectivity index (χ0) is 13.1. The van der Waals surface area contributed by atoms with Crippen LogP contribution < -0.4 is 4.74 Å². The molecule has 0 heterocycles. The highest BCUT2D eigenvalue weighted by atomic mass is 79.9. The molecule has 0 N–H and O–H groups in total. The molecule has 1 nitrogen and oxygen atoms in total. The van der Waals surface area contributed by atoms with E-state index >= 15 is 0 Å². The maximum atomic E-state index is 13.3. The van der Waals surface area contributed by atoms with Crippen LogP contribution in [-0.4, -0.2) is 11.9 Å². The van der Waals surface area contributed by atoms with Crippen LogP contribution in [0.2, 0.25) is 0 Å². The highest BCUT2D eigenvalue weighted by Gasteiger charge is 2.25. The maximum absolute atomic E-state index is 13.3. The molecule has 0 fully saturated rings. The summed E-state index contributed by atoms with van der Waals surface area (Å²) in [6.45, 7) is 6.49. The van der Waals surface area contributed by atoms with Crippen molar-refractivity contribution in [2.75, 3.05) is 11.9 Å². The van der Waals surface area contributed by atoms with Gasteiger partial charge in [-0.15, -0.1) is 0 Å². The molecule has 0 saturated carbocycles. The molecule has 17 heavy (non-hydrogen) atoms. The van der Waals surface area contributed by atoms with E-state index in [1.165, 1.54) is 18.2 Å². The Labute approximate surface area is 109 Å². The molecule has 1 unspecified atom stereocenters. The fourth-order valence-corrected chi connectivity index (χ4v) is 2.49. The van der Waals surface area contributed by atoms with Crippen molar-refractivity contribution in [3.63, 3.8) is 0 Å². The van der Waals surface area contributed by atoms with Gasteiger partial charge >= 0.3 is 0 Å². The lowest BCUT2D eigenvalue weighted by molar-refractivity contribution is 0.157. The monoisotopic (exact) mass is 306 g/mol. The van der Waals surface area contributed by atoms with Crippen LogP contribution in [0.4, 0.5) is 8.78 Å². The van der Waals surface area contributed by atoms with E-state index in [1.54, 1.807) is 0 Å². The first-order valence-corrected chi connectivity index (χ1v) is 6.61. The van der Waals surface area contributed by atoms with E-state index in [2.05, 4.69) is 36.7 Å². The van der Waals surface area contributed by atoms with Crippen molar-refractivity contribution in [1.82, 2.24) is 0 Å². The van der Waals surface area contributed by atoms with Gasteiger partial charge in [0.05, 0.1) is 6.61 Å². The number of hydrogen-bond acceptors (Lipinski definition) is 1. The Hall–Kier alpha value is -0.640. The van der Waals surface area contributed by atoms with Gasteiger partial charge in [0, 0.05) is 11.2 Å². The van der Waals surface area contributed by atoms with E-state index in [9.17, 15) is 8.78 Å². The zero-order valence-electron chi connectivity index (χ0n) is 10.3. The van der Waals surface area contributed by atoms with Crippen molar-refractivity contribution in [2.24, 2.45) is 11.3 Å². The number of para-hydroxylation sites is 1. The summed E-state index contributed by atoms with van der Waals surface area (Å²) in [6, 6.07) is 3.71. The highest BCUT2D eigenvalue weighted by Crippen LogP contribution is 2.29. The van der Waals surface area contributed by atoms with Crippen LogP contribution in [0.1, 0.15) is 20.8 Å². The normalized spacial score (nSPS) is 13.5. The van der Waals surface area contributed by atoms with Crippen molar-refractivity contribution < 1.29 is 13.5 Å². The fraction of sp³-hybridized carbons (Fsp3) is 0.538. The van der Waals surface area contributed by atoms with Gasteiger partial charge in [0.25, 0.3) is 0 Å². The Morgan fingerprint density at radius 3 is 2.18 bits per heavy atom. The maximum Gasteiger partial charge on any atom is 0.190 e. The van der Waals surface area contributed by atoms with Crippen LogP contribution in [0.25, 0.3) is 0 Å². The molecule has 1 rings (SSSR count). The first kappa shape index (κ1) is 14.4. The summed E-state index contributed by atoms with van der Waals surface area (Å²) in [6.07, 6.45) is 0. The van der Waals surface area contributed by atoms with E-state index in [-0.39, 0.29) is 23.7 Å². The summed E-state index contributed by atoms with van der Waals surface area (Å²) in [7, 11) is 0. The van der Waals surface area contributed by atoms with E-state index in [0.29, 0.717) is 0 Å². The highest BCUT2D eigenvalue weighted by molar-refractivity contribution is 9.09. The third-order valence-corrected chi connectivity index (χ3v) is 3.54. The standard InChI is InChI=1S/C13H17BrF2O/c1-13(2,3)9(7-14)8-17-12-10(15)5-4-6-11(12)16/h4-6,9H,7-8H2,1-3H3. The van der Waals surface area contributed by atoms with Crippen LogP contribution >= 0.6 is 15.9 Å². The summed E-state index contributed by atoms with van der Waals surface area (Å²) in [5.41, 5.74) is 0.0191. The minimum absolute atomic E-state index is 0.0191. The lowest BCUT2D eigenvalue weighted by atomic mass is 9.83. The van der Waals surface area contributed by atoms with Crippen LogP contribution in [0.15, 0.2) is 18.2 Å². The van der Waals surface area contributed by atoms with Gasteiger partial charge in [-0.1, -0.05) is 42.8 Å². The molecule has 0 spiro atoms. The Bertz CT molecular complexity index is 354. The quantitative estimate of drug-likeness (QED) is 0.749. The zero-order valence-corrected chi connectivity index (χ0v) is 11.9. The predicted octanol–water partition coefficient (Wildman–Crippen LogP) is 4.40. The molecular weight excluding hydrogens is 290 g/mol. The minimum atomic E-state index is -0.660. The average Bonchev–Trinajstić information content (AvgIpc) is 2.20. The second-order valence-electron chi connectivity index (χ2n) is 5.08. The van der Waals surface area contributed by atoms with Gasteiger partial charge in [-0.25, -0.2) is 8.78 Å². The third kappa shape index (κ3) is 3.95. The first-order valence-electron chi connectivity index (χ1n) is 5.49. The van der Waals surface area contributed by atoms with Gasteiger partial charge < -0.3 is 4.74 Å². The molecule has 1 atom stereocenters. The second kappa shape index (κ2) is 5.80. The van der Waals surface area contributed by atoms with E-state index in [4.69, 9.17) is 4.74 Å². The molecule has 1 aromatic carbocycles. The molecule has 0 aliphatic rings. The molecule has 4 heteroatoms. The van der Waals surface area contributed by atoms with Gasteiger partial charge in [-0.2, -0.15) is 0 Å². The number of rotatable bonds is 4. The van der Waals surface area contributed by atoms with Gasteiger partial charge in [0.1, 0.15) is 0 Å².